The first-order valence-electron chi connectivity index (χ1n) is 8.12. The van der Waals surface area contributed by atoms with E-state index in [-0.39, 0.29) is 23.6 Å². The lowest BCUT2D eigenvalue weighted by Crippen LogP contribution is -2.52. The summed E-state index contributed by atoms with van der Waals surface area (Å²) >= 11 is 0. The third kappa shape index (κ3) is 4.20. The van der Waals surface area contributed by atoms with E-state index < -0.39 is 15.4 Å². The first kappa shape index (κ1) is 18.6. The molecule has 1 aromatic carbocycles. The number of carbonyl (C=O) groups excluding carboxylic acids is 1. The van der Waals surface area contributed by atoms with Crippen molar-refractivity contribution in [2.24, 2.45) is 0 Å². The molecule has 0 saturated carbocycles. The molecule has 1 aromatic rings. The van der Waals surface area contributed by atoms with E-state index in [1.165, 1.54) is 0 Å². The van der Waals surface area contributed by atoms with Crippen LogP contribution in [0.15, 0.2) is 24.3 Å². The van der Waals surface area contributed by atoms with Crippen LogP contribution in [0.25, 0.3) is 0 Å². The molecule has 2 amide bonds. The summed E-state index contributed by atoms with van der Waals surface area (Å²) in [6.07, 6.45) is 0.507. The van der Waals surface area contributed by atoms with Gasteiger partial charge in [0.15, 0.2) is 9.84 Å². The van der Waals surface area contributed by atoms with Crippen molar-refractivity contribution < 1.29 is 17.9 Å². The number of hydrogen-bond donors (Lipinski definition) is 1. The summed E-state index contributed by atoms with van der Waals surface area (Å²) in [5.41, 5.74) is 0.376. The normalized spacial score (nSPS) is 19.8. The van der Waals surface area contributed by atoms with Gasteiger partial charge in [-0.05, 0) is 44.9 Å². The summed E-state index contributed by atoms with van der Waals surface area (Å²) in [5.74, 6) is 0.966. The Kier molecular flexibility index (Phi) is 5.42. The number of methoxy groups -OCH3 is 1. The summed E-state index contributed by atoms with van der Waals surface area (Å²) in [5, 5.41) is 3.02. The monoisotopic (exact) mass is 354 g/mol. The topological polar surface area (TPSA) is 75.7 Å². The minimum absolute atomic E-state index is 0.0528. The molecule has 6 nitrogen and oxygen atoms in total. The molecule has 1 fully saturated rings. The molecule has 0 aliphatic carbocycles. The van der Waals surface area contributed by atoms with E-state index in [1.807, 2.05) is 45.0 Å². The molecule has 0 aromatic heterocycles. The fourth-order valence-corrected chi connectivity index (χ4v) is 4.74. The predicted molar refractivity (Wildman–Crippen MR) is 94.0 cm³/mol. The summed E-state index contributed by atoms with van der Waals surface area (Å²) in [6.45, 7) is 6.19. The smallest absolute Gasteiger partial charge is 0.318 e. The Labute approximate surface area is 144 Å². The van der Waals surface area contributed by atoms with Crippen LogP contribution in [-0.2, 0) is 15.4 Å². The number of benzene rings is 1. The largest absolute Gasteiger partial charge is 0.497 e. The molecule has 24 heavy (non-hydrogen) atoms. The summed E-state index contributed by atoms with van der Waals surface area (Å²) in [7, 11) is -1.42. The van der Waals surface area contributed by atoms with Crippen molar-refractivity contribution in [1.82, 2.24) is 10.2 Å². The maximum Gasteiger partial charge on any atom is 0.318 e. The van der Waals surface area contributed by atoms with E-state index in [0.29, 0.717) is 13.0 Å². The molecule has 7 heteroatoms. The second kappa shape index (κ2) is 7.01. The Bertz CT molecular complexity index is 683. The maximum atomic E-state index is 12.7. The third-order valence-electron chi connectivity index (χ3n) is 4.48. The van der Waals surface area contributed by atoms with E-state index in [1.54, 1.807) is 12.0 Å². The highest BCUT2D eigenvalue weighted by molar-refractivity contribution is 7.91. The van der Waals surface area contributed by atoms with Gasteiger partial charge in [-0.1, -0.05) is 12.1 Å². The number of nitrogens with zero attached hydrogens (tertiary/aromatic N) is 1. The van der Waals surface area contributed by atoms with Gasteiger partial charge in [-0.2, -0.15) is 0 Å². The van der Waals surface area contributed by atoms with Gasteiger partial charge in [0.2, 0.25) is 0 Å². The van der Waals surface area contributed by atoms with Crippen molar-refractivity contribution in [2.45, 2.75) is 38.8 Å². The summed E-state index contributed by atoms with van der Waals surface area (Å²) in [6, 6.07) is 7.05. The second-order valence-corrected chi connectivity index (χ2v) is 8.86. The Morgan fingerprint density at radius 3 is 2.42 bits per heavy atom. The molecule has 134 valence electrons. The number of nitrogens with one attached hydrogen (secondary N) is 1. The average Bonchev–Trinajstić information content (AvgIpc) is 2.87. The van der Waals surface area contributed by atoms with Crippen LogP contribution >= 0.6 is 0 Å². The van der Waals surface area contributed by atoms with Crippen LogP contribution in [0.1, 0.15) is 32.8 Å². The minimum Gasteiger partial charge on any atom is -0.497 e. The Morgan fingerprint density at radius 1 is 1.33 bits per heavy atom. The molecule has 1 aliphatic rings. The number of amides is 2. The van der Waals surface area contributed by atoms with Crippen LogP contribution in [-0.4, -0.2) is 50.6 Å². The second-order valence-electron chi connectivity index (χ2n) is 6.63. The molecule has 2 rings (SSSR count). The van der Waals surface area contributed by atoms with Crippen molar-refractivity contribution in [2.75, 3.05) is 25.2 Å². The lowest BCUT2D eigenvalue weighted by molar-refractivity contribution is 0.173. The van der Waals surface area contributed by atoms with Gasteiger partial charge in [0.05, 0.1) is 24.2 Å². The Balaban J connectivity index is 2.10. The zero-order valence-electron chi connectivity index (χ0n) is 14.7. The number of urea groups is 1. The van der Waals surface area contributed by atoms with Crippen molar-refractivity contribution in [3.8, 4) is 5.75 Å². The van der Waals surface area contributed by atoms with Gasteiger partial charge in [-0.15, -0.1) is 0 Å². The maximum absolute atomic E-state index is 12.7. The van der Waals surface area contributed by atoms with Gasteiger partial charge in [0.25, 0.3) is 0 Å². The molecule has 1 atom stereocenters. The van der Waals surface area contributed by atoms with E-state index in [0.717, 1.165) is 11.3 Å². The average molecular weight is 354 g/mol. The Morgan fingerprint density at radius 2 is 1.96 bits per heavy atom. The highest BCUT2D eigenvalue weighted by atomic mass is 32.2. The van der Waals surface area contributed by atoms with Crippen LogP contribution in [0, 0.1) is 0 Å². The van der Waals surface area contributed by atoms with Crippen LogP contribution in [0.5, 0.6) is 5.75 Å². The van der Waals surface area contributed by atoms with Crippen molar-refractivity contribution in [3.63, 3.8) is 0 Å². The standard InChI is InChI=1S/C17H26N2O4S/c1-5-19(14-10-11-24(21,22)12-14)16(20)18-17(2,3)13-6-8-15(23-4)9-7-13/h6-9,14H,5,10-12H2,1-4H3,(H,18,20). The van der Waals surface area contributed by atoms with E-state index >= 15 is 0 Å². The molecular formula is C17H26N2O4S. The van der Waals surface area contributed by atoms with Gasteiger partial charge in [0.1, 0.15) is 5.75 Å². The molecule has 1 N–H and O–H groups in total. The summed E-state index contributed by atoms with van der Waals surface area (Å²) in [4.78, 5) is 14.3. The fourth-order valence-electron chi connectivity index (χ4n) is 3.01. The molecule has 1 saturated heterocycles. The predicted octanol–water partition coefficient (Wildman–Crippen LogP) is 2.15. The molecule has 0 bridgehead atoms. The lowest BCUT2D eigenvalue weighted by atomic mass is 9.94. The number of rotatable bonds is 5. The van der Waals surface area contributed by atoms with Gasteiger partial charge >= 0.3 is 6.03 Å². The van der Waals surface area contributed by atoms with Crippen LogP contribution < -0.4 is 10.1 Å². The van der Waals surface area contributed by atoms with Crippen LogP contribution in [0.2, 0.25) is 0 Å². The van der Waals surface area contributed by atoms with E-state index in [9.17, 15) is 13.2 Å². The van der Waals surface area contributed by atoms with Crippen molar-refractivity contribution >= 4 is 15.9 Å². The number of hydrogen-bond acceptors (Lipinski definition) is 4. The van der Waals surface area contributed by atoms with Crippen LogP contribution in [0.4, 0.5) is 4.79 Å². The Hall–Kier alpha value is -1.76. The van der Waals surface area contributed by atoms with Crippen molar-refractivity contribution in [3.05, 3.63) is 29.8 Å². The van der Waals surface area contributed by atoms with E-state index in [4.69, 9.17) is 4.74 Å². The lowest BCUT2D eigenvalue weighted by Gasteiger charge is -2.33. The number of ether oxygens (including phenoxy) is 1. The highest BCUT2D eigenvalue weighted by Crippen LogP contribution is 2.24. The summed E-state index contributed by atoms with van der Waals surface area (Å²) < 4.78 is 28.5. The van der Waals surface area contributed by atoms with Gasteiger partial charge in [-0.3, -0.25) is 0 Å². The van der Waals surface area contributed by atoms with E-state index in [2.05, 4.69) is 5.32 Å². The number of sulfone groups is 1. The molecule has 1 heterocycles. The SMILES string of the molecule is CCN(C(=O)NC(C)(C)c1ccc(OC)cc1)C1CCS(=O)(=O)C1. The van der Waals surface area contributed by atoms with Gasteiger partial charge in [-0.25, -0.2) is 13.2 Å². The number of carbonyl (C=O) groups is 1. The molecule has 1 aliphatic heterocycles. The molecule has 0 radical (unpaired) electrons. The zero-order chi connectivity index (χ0) is 18.0. The molecular weight excluding hydrogens is 328 g/mol. The quantitative estimate of drug-likeness (QED) is 0.879. The van der Waals surface area contributed by atoms with Gasteiger partial charge < -0.3 is 15.0 Å². The van der Waals surface area contributed by atoms with Crippen molar-refractivity contribution in [1.29, 1.82) is 0 Å². The first-order valence-corrected chi connectivity index (χ1v) is 9.94. The molecule has 1 unspecified atom stereocenters. The van der Waals surface area contributed by atoms with Crippen LogP contribution in [0.3, 0.4) is 0 Å². The highest BCUT2D eigenvalue weighted by Gasteiger charge is 2.35. The fraction of sp³-hybridized carbons (Fsp3) is 0.588. The molecule has 0 spiro atoms. The third-order valence-corrected chi connectivity index (χ3v) is 6.23. The van der Waals surface area contributed by atoms with Gasteiger partial charge in [0, 0.05) is 12.6 Å². The minimum atomic E-state index is -3.02. The zero-order valence-corrected chi connectivity index (χ0v) is 15.5. The first-order chi connectivity index (χ1) is 11.2.